The average Bonchev–Trinajstić information content (AvgIpc) is 1.88. The van der Waals surface area contributed by atoms with E-state index < -0.39 is 0 Å². The second-order valence-electron chi connectivity index (χ2n) is 2.49. The molecule has 1 atom stereocenters. The first-order valence-electron chi connectivity index (χ1n) is 3.39. The van der Waals surface area contributed by atoms with Gasteiger partial charge in [-0.1, -0.05) is 6.07 Å². The lowest BCUT2D eigenvalue weighted by Crippen LogP contribution is -2.07. The SMILES string of the molecule is Cc1cccc([C@@H](C)N)n1.Cl.Cl. The highest BCUT2D eigenvalue weighted by Gasteiger charge is 1.98. The standard InChI is InChI=1S/C8H12N2.2ClH/c1-6-4-3-5-8(10-6)7(2)9;;/h3-5,7H,9H2,1-2H3;2*1H/t7-;;/m1../s1. The van der Waals surface area contributed by atoms with E-state index in [0.717, 1.165) is 11.4 Å². The minimum absolute atomic E-state index is 0. The van der Waals surface area contributed by atoms with E-state index in [-0.39, 0.29) is 30.9 Å². The van der Waals surface area contributed by atoms with Gasteiger partial charge in [0.25, 0.3) is 0 Å². The Morgan fingerprint density at radius 1 is 1.33 bits per heavy atom. The lowest BCUT2D eigenvalue weighted by Gasteiger charge is -2.03. The minimum Gasteiger partial charge on any atom is -0.323 e. The first-order valence-corrected chi connectivity index (χ1v) is 3.39. The normalized spacial score (nSPS) is 10.9. The molecule has 0 spiro atoms. The van der Waals surface area contributed by atoms with E-state index in [1.165, 1.54) is 0 Å². The van der Waals surface area contributed by atoms with Gasteiger partial charge in [0.05, 0.1) is 5.69 Å². The van der Waals surface area contributed by atoms with Crippen LogP contribution in [-0.4, -0.2) is 4.98 Å². The molecule has 1 heterocycles. The summed E-state index contributed by atoms with van der Waals surface area (Å²) in [6, 6.07) is 5.92. The molecule has 1 aromatic heterocycles. The van der Waals surface area contributed by atoms with Gasteiger partial charge in [-0.25, -0.2) is 0 Å². The number of halogens is 2. The lowest BCUT2D eigenvalue weighted by molar-refractivity contribution is 0.775. The Morgan fingerprint density at radius 2 is 1.92 bits per heavy atom. The van der Waals surface area contributed by atoms with Gasteiger partial charge < -0.3 is 5.73 Å². The largest absolute Gasteiger partial charge is 0.323 e. The molecule has 70 valence electrons. The van der Waals surface area contributed by atoms with Crippen LogP contribution in [0.25, 0.3) is 0 Å². The predicted octanol–water partition coefficient (Wildman–Crippen LogP) is 2.25. The number of rotatable bonds is 1. The highest BCUT2D eigenvalue weighted by atomic mass is 35.5. The van der Waals surface area contributed by atoms with Crippen molar-refractivity contribution in [3.63, 3.8) is 0 Å². The Hall–Kier alpha value is -0.310. The molecule has 0 aliphatic carbocycles. The van der Waals surface area contributed by atoms with E-state index in [1.807, 2.05) is 32.0 Å². The molecule has 2 N–H and O–H groups in total. The number of hydrogen-bond acceptors (Lipinski definition) is 2. The number of nitrogens with two attached hydrogens (primary N) is 1. The summed E-state index contributed by atoms with van der Waals surface area (Å²) in [5.74, 6) is 0. The maximum atomic E-state index is 5.62. The first-order chi connectivity index (χ1) is 4.70. The smallest absolute Gasteiger partial charge is 0.0571 e. The number of hydrogen-bond donors (Lipinski definition) is 1. The van der Waals surface area contributed by atoms with Gasteiger partial charge in [0.2, 0.25) is 0 Å². The minimum atomic E-state index is 0. The second-order valence-corrected chi connectivity index (χ2v) is 2.49. The molecule has 0 aliphatic heterocycles. The van der Waals surface area contributed by atoms with Gasteiger partial charge in [-0.2, -0.15) is 0 Å². The van der Waals surface area contributed by atoms with Gasteiger partial charge in [0, 0.05) is 11.7 Å². The van der Waals surface area contributed by atoms with E-state index in [2.05, 4.69) is 4.98 Å². The van der Waals surface area contributed by atoms with E-state index in [9.17, 15) is 0 Å². The molecule has 12 heavy (non-hydrogen) atoms. The number of nitrogens with zero attached hydrogens (tertiary/aromatic N) is 1. The molecule has 0 bridgehead atoms. The molecule has 2 nitrogen and oxygen atoms in total. The summed E-state index contributed by atoms with van der Waals surface area (Å²) in [6.45, 7) is 3.90. The van der Waals surface area contributed by atoms with Gasteiger partial charge in [-0.05, 0) is 26.0 Å². The van der Waals surface area contributed by atoms with Crippen molar-refractivity contribution in [1.29, 1.82) is 0 Å². The highest BCUT2D eigenvalue weighted by Crippen LogP contribution is 2.05. The summed E-state index contributed by atoms with van der Waals surface area (Å²) < 4.78 is 0. The second kappa shape index (κ2) is 6.23. The first kappa shape index (κ1) is 14.2. The zero-order chi connectivity index (χ0) is 7.56. The fraction of sp³-hybridized carbons (Fsp3) is 0.375. The lowest BCUT2D eigenvalue weighted by atomic mass is 10.2. The molecule has 4 heteroatoms. The fourth-order valence-corrected chi connectivity index (χ4v) is 0.818. The van der Waals surface area contributed by atoms with Crippen molar-refractivity contribution in [2.75, 3.05) is 0 Å². The summed E-state index contributed by atoms with van der Waals surface area (Å²) in [4.78, 5) is 4.25. The molecular formula is C8H14Cl2N2. The molecule has 0 saturated heterocycles. The van der Waals surface area contributed by atoms with E-state index in [4.69, 9.17) is 5.73 Å². The molecule has 0 amide bonds. The Bertz CT molecular complexity index is 226. The molecule has 0 unspecified atom stereocenters. The summed E-state index contributed by atoms with van der Waals surface area (Å²) in [6.07, 6.45) is 0. The van der Waals surface area contributed by atoms with Crippen LogP contribution in [-0.2, 0) is 0 Å². The van der Waals surface area contributed by atoms with Crippen molar-refractivity contribution in [1.82, 2.24) is 4.98 Å². The third-order valence-electron chi connectivity index (χ3n) is 1.38. The zero-order valence-electron chi connectivity index (χ0n) is 7.15. The Labute approximate surface area is 85.4 Å². The van der Waals surface area contributed by atoms with Crippen molar-refractivity contribution < 1.29 is 0 Å². The van der Waals surface area contributed by atoms with Crippen LogP contribution in [0.15, 0.2) is 18.2 Å². The maximum absolute atomic E-state index is 5.62. The van der Waals surface area contributed by atoms with Crippen molar-refractivity contribution >= 4 is 24.8 Å². The molecule has 0 radical (unpaired) electrons. The van der Waals surface area contributed by atoms with E-state index in [1.54, 1.807) is 0 Å². The van der Waals surface area contributed by atoms with Crippen molar-refractivity contribution in [3.8, 4) is 0 Å². The van der Waals surface area contributed by atoms with Gasteiger partial charge in [-0.15, -0.1) is 24.8 Å². The van der Waals surface area contributed by atoms with Gasteiger partial charge in [0.15, 0.2) is 0 Å². The number of aryl methyl sites for hydroxylation is 1. The summed E-state index contributed by atoms with van der Waals surface area (Å²) in [5.41, 5.74) is 7.60. The third-order valence-corrected chi connectivity index (χ3v) is 1.38. The molecule has 0 fully saturated rings. The van der Waals surface area contributed by atoms with Crippen LogP contribution >= 0.6 is 24.8 Å². The number of pyridine rings is 1. The summed E-state index contributed by atoms with van der Waals surface area (Å²) >= 11 is 0. The van der Waals surface area contributed by atoms with Crippen LogP contribution in [0, 0.1) is 6.92 Å². The van der Waals surface area contributed by atoms with Gasteiger partial charge in [-0.3, -0.25) is 4.98 Å². The van der Waals surface area contributed by atoms with Crippen LogP contribution in [0.2, 0.25) is 0 Å². The van der Waals surface area contributed by atoms with Crippen molar-refractivity contribution in [3.05, 3.63) is 29.6 Å². The molecule has 0 aliphatic rings. The predicted molar refractivity (Wildman–Crippen MR) is 56.1 cm³/mol. The van der Waals surface area contributed by atoms with E-state index in [0.29, 0.717) is 0 Å². The molecule has 1 aromatic rings. The fourth-order valence-electron chi connectivity index (χ4n) is 0.818. The van der Waals surface area contributed by atoms with Crippen molar-refractivity contribution in [2.45, 2.75) is 19.9 Å². The molecule has 0 aromatic carbocycles. The quantitative estimate of drug-likeness (QED) is 0.770. The molecule has 0 saturated carbocycles. The molecule has 1 rings (SSSR count). The van der Waals surface area contributed by atoms with Gasteiger partial charge in [0.1, 0.15) is 0 Å². The molecular weight excluding hydrogens is 195 g/mol. The van der Waals surface area contributed by atoms with Crippen LogP contribution in [0.3, 0.4) is 0 Å². The Morgan fingerprint density at radius 3 is 2.25 bits per heavy atom. The van der Waals surface area contributed by atoms with Crippen molar-refractivity contribution in [2.24, 2.45) is 5.73 Å². The summed E-state index contributed by atoms with van der Waals surface area (Å²) in [5, 5.41) is 0. The highest BCUT2D eigenvalue weighted by molar-refractivity contribution is 5.85. The van der Waals surface area contributed by atoms with Crippen LogP contribution in [0.1, 0.15) is 24.4 Å². The Kier molecular flexibility index (Phi) is 7.39. The zero-order valence-corrected chi connectivity index (χ0v) is 8.78. The number of aromatic nitrogens is 1. The maximum Gasteiger partial charge on any atom is 0.0571 e. The third kappa shape index (κ3) is 3.90. The Balaban J connectivity index is 0. The summed E-state index contributed by atoms with van der Waals surface area (Å²) in [7, 11) is 0. The van der Waals surface area contributed by atoms with Crippen LogP contribution in [0.5, 0.6) is 0 Å². The topological polar surface area (TPSA) is 38.9 Å². The van der Waals surface area contributed by atoms with Gasteiger partial charge >= 0.3 is 0 Å². The van der Waals surface area contributed by atoms with Crippen LogP contribution < -0.4 is 5.73 Å². The average molecular weight is 209 g/mol. The van der Waals surface area contributed by atoms with Crippen LogP contribution in [0.4, 0.5) is 0 Å². The monoisotopic (exact) mass is 208 g/mol. The van der Waals surface area contributed by atoms with E-state index >= 15 is 0 Å².